The largest absolute Gasteiger partial charge is 0.456 e. The molecule has 2 saturated heterocycles. The molecule has 2 aliphatic rings. The van der Waals surface area contributed by atoms with E-state index in [4.69, 9.17) is 74.3 Å². The first kappa shape index (κ1) is 75.3. The van der Waals surface area contributed by atoms with Gasteiger partial charge in [-0.1, -0.05) is 223 Å². The van der Waals surface area contributed by atoms with Crippen LogP contribution < -0.4 is 5.32 Å². The average Bonchev–Trinajstić information content (AvgIpc) is 0.766. The highest BCUT2D eigenvalue weighted by Gasteiger charge is 2.52. The van der Waals surface area contributed by atoms with E-state index in [0.29, 0.717) is 67.5 Å². The molecule has 0 aromatic heterocycles. The third kappa shape index (κ3) is 20.1. The molecule has 2 amide bonds. The Bertz CT molecular complexity index is 3350. The van der Waals surface area contributed by atoms with Crippen LogP contribution in [-0.4, -0.2) is 62.6 Å². The summed E-state index contributed by atoms with van der Waals surface area (Å²) in [6.45, 7) is 28.5. The lowest BCUT2D eigenvalue weighted by Gasteiger charge is -2.53. The second-order valence-corrected chi connectivity index (χ2v) is 30.5. The SMILES string of the molecule is C=CC[C@@](C)(C[C@H](c1cccc(Cl)c1)[C@@H](O)c1ccc(Cl)cc1)C(=O)N[C@H](CO)C(C)C.C=CC[C@@]1(C)C[C@H](c2cccc(Cl)c2)[C@H](c2ccc(Cl)cc2)OC1=O.CCC[C@@]1(C)C[C@H](c2cccc(Cl)c2)[C@@H](c2ccc(Cl)cc2)N([C@H](CSC(C)C)C(C)C)C1=O. The van der Waals surface area contributed by atoms with Crippen LogP contribution in [0.4, 0.5) is 0 Å². The van der Waals surface area contributed by atoms with Gasteiger partial charge in [-0.3, -0.25) is 14.4 Å². The number of aliphatic hydroxyl groups excluding tert-OH is 2. The van der Waals surface area contributed by atoms with E-state index in [-0.39, 0.29) is 66.4 Å². The number of amides is 2. The molecule has 0 radical (unpaired) electrons. The van der Waals surface area contributed by atoms with Gasteiger partial charge < -0.3 is 25.2 Å². The van der Waals surface area contributed by atoms with Crippen LogP contribution in [-0.2, 0) is 19.1 Å². The van der Waals surface area contributed by atoms with Crippen molar-refractivity contribution in [3.63, 3.8) is 0 Å². The van der Waals surface area contributed by atoms with Crippen LogP contribution in [0.5, 0.6) is 0 Å². The van der Waals surface area contributed by atoms with E-state index in [0.717, 1.165) is 52.3 Å². The Morgan fingerprint density at radius 1 is 0.681 bits per heavy atom. The van der Waals surface area contributed by atoms with E-state index < -0.39 is 28.3 Å². The number of hydrogen-bond donors (Lipinski definition) is 3. The smallest absolute Gasteiger partial charge is 0.312 e. The molecule has 0 spiro atoms. The summed E-state index contributed by atoms with van der Waals surface area (Å²) in [6, 6.07) is 45.6. The second-order valence-electron chi connectivity index (χ2n) is 26.3. The highest BCUT2D eigenvalue weighted by Crippen LogP contribution is 2.54. The zero-order chi connectivity index (χ0) is 67.0. The van der Waals surface area contributed by atoms with Crippen molar-refractivity contribution < 1.29 is 29.3 Å². The van der Waals surface area contributed by atoms with Crippen molar-refractivity contribution in [3.8, 4) is 0 Å². The zero-order valence-corrected chi connectivity index (χ0v) is 59.6. The molecule has 8 rings (SSSR count). The van der Waals surface area contributed by atoms with Gasteiger partial charge in [0.15, 0.2) is 0 Å². The lowest BCUT2D eigenvalue weighted by atomic mass is 9.66. The van der Waals surface area contributed by atoms with E-state index in [1.807, 2.05) is 130 Å². The summed E-state index contributed by atoms with van der Waals surface area (Å²) in [5.74, 6) is 1.03. The van der Waals surface area contributed by atoms with Crippen LogP contribution in [0.15, 0.2) is 171 Å². The van der Waals surface area contributed by atoms with Gasteiger partial charge in [0.2, 0.25) is 11.8 Å². The molecule has 2 aliphatic heterocycles. The van der Waals surface area contributed by atoms with Gasteiger partial charge in [-0.2, -0.15) is 11.8 Å². The molecule has 8 nitrogen and oxygen atoms in total. The highest BCUT2D eigenvalue weighted by molar-refractivity contribution is 7.99. The van der Waals surface area contributed by atoms with Gasteiger partial charge in [-0.25, -0.2) is 0 Å². The number of benzene rings is 6. The minimum atomic E-state index is -0.874. The third-order valence-electron chi connectivity index (χ3n) is 18.0. The van der Waals surface area contributed by atoms with Crippen molar-refractivity contribution in [1.29, 1.82) is 0 Å². The average molecular weight is 1370 g/mol. The summed E-state index contributed by atoms with van der Waals surface area (Å²) in [5.41, 5.74) is 4.04. The number of likely N-dealkylation sites (tertiary alicyclic amines) is 1. The molecule has 2 fully saturated rings. The van der Waals surface area contributed by atoms with E-state index in [9.17, 15) is 24.6 Å². The molecule has 2 heterocycles. The maximum atomic E-state index is 14.4. The fraction of sp³-hybridized carbons (Fsp3) is 0.434. The van der Waals surface area contributed by atoms with E-state index >= 15 is 0 Å². The Kier molecular flexibility index (Phi) is 28.6. The molecule has 0 bridgehead atoms. The molecule has 6 aromatic carbocycles. The molecule has 0 unspecified atom stereocenters. The van der Waals surface area contributed by atoms with Gasteiger partial charge in [-0.05, 0) is 169 Å². The van der Waals surface area contributed by atoms with Gasteiger partial charge in [0.25, 0.3) is 0 Å². The topological polar surface area (TPSA) is 116 Å². The number of cyclic esters (lactones) is 1. The van der Waals surface area contributed by atoms with Crippen molar-refractivity contribution in [2.45, 2.75) is 168 Å². The molecule has 15 heteroatoms. The van der Waals surface area contributed by atoms with Crippen molar-refractivity contribution in [2.24, 2.45) is 28.1 Å². The highest BCUT2D eigenvalue weighted by atomic mass is 35.5. The van der Waals surface area contributed by atoms with Crippen LogP contribution in [0, 0.1) is 28.1 Å². The number of hydrogen-bond acceptors (Lipinski definition) is 7. The predicted molar refractivity (Wildman–Crippen MR) is 383 cm³/mol. The molecule has 490 valence electrons. The Morgan fingerprint density at radius 3 is 1.68 bits per heavy atom. The summed E-state index contributed by atoms with van der Waals surface area (Å²) in [4.78, 5) is 42.7. The summed E-state index contributed by atoms with van der Waals surface area (Å²) >= 11 is 39.2. The monoisotopic (exact) mass is 1370 g/mol. The number of halogens is 6. The number of carbonyl (C=O) groups excluding carboxylic acids is 3. The van der Waals surface area contributed by atoms with E-state index in [1.165, 1.54) is 5.56 Å². The fourth-order valence-corrected chi connectivity index (χ4v) is 14.9. The van der Waals surface area contributed by atoms with Gasteiger partial charge in [0.05, 0.1) is 35.6 Å². The van der Waals surface area contributed by atoms with Gasteiger partial charge in [0, 0.05) is 65.1 Å². The Labute approximate surface area is 576 Å². The quantitative estimate of drug-likeness (QED) is 0.0408. The van der Waals surface area contributed by atoms with Crippen molar-refractivity contribution >= 4 is 99.2 Å². The lowest BCUT2D eigenvalue weighted by Crippen LogP contribution is -2.57. The number of nitrogens with one attached hydrogen (secondary N) is 1. The number of ether oxygens (including phenoxy) is 1. The Balaban J connectivity index is 0.000000219. The second kappa shape index (κ2) is 34.6. The van der Waals surface area contributed by atoms with Crippen LogP contribution in [0.1, 0.15) is 184 Å². The van der Waals surface area contributed by atoms with Crippen molar-refractivity contribution in [2.75, 3.05) is 12.4 Å². The summed E-state index contributed by atoms with van der Waals surface area (Å²) in [7, 11) is 0. The molecule has 6 aromatic rings. The molecular weight excluding hydrogens is 1280 g/mol. The first-order valence-corrected chi connectivity index (χ1v) is 34.9. The maximum absolute atomic E-state index is 14.4. The number of allylic oxidation sites excluding steroid dienone is 2. The zero-order valence-electron chi connectivity index (χ0n) is 54.3. The van der Waals surface area contributed by atoms with Gasteiger partial charge in [-0.15, -0.1) is 13.2 Å². The summed E-state index contributed by atoms with van der Waals surface area (Å²) in [5, 5.41) is 28.5. The van der Waals surface area contributed by atoms with Crippen LogP contribution in [0.3, 0.4) is 0 Å². The predicted octanol–water partition coefficient (Wildman–Crippen LogP) is 21.3. The number of esters is 1. The normalized spacial score (nSPS) is 21.9. The standard InChI is InChI=1S/C29H39Cl2NOS.C26H33Cl2NO3.C21H20Cl2O2/c1-7-15-29(6)17-25(22-9-8-10-24(31)16-22)27(21-11-13-23(30)14-12-21)32(28(29)33)26(19(2)3)18-34-20(4)5;1-5-13-26(4,25(32)29-23(16-30)17(2)3)15-22(19-7-6-8-21(28)14-19)24(31)18-9-11-20(27)12-10-18;1-3-11-21(2)13-18(15-5-4-6-17(23)12-15)19(25-20(21)24)14-7-9-16(22)10-8-14/h8-14,16,19-20,25-27H,7,15,17-18H2,1-6H3;5-12,14,17,22-24,30-31H,1,13,15-16H2,2-4H3,(H,29,32);3-10,12,18-19H,1,11,13H2,2H3/t25-,26-,27-,29+;22-,23-,24+,26+;18-,19+,21+/m111/s1. The molecular formula is C76H92Cl6N2O6S. The first-order valence-electron chi connectivity index (χ1n) is 31.6. The Hall–Kier alpha value is -4.78. The molecule has 11 atom stereocenters. The third-order valence-corrected chi connectivity index (χ3v) is 20.6. The molecule has 91 heavy (non-hydrogen) atoms. The summed E-state index contributed by atoms with van der Waals surface area (Å²) < 4.78 is 5.91. The minimum Gasteiger partial charge on any atom is -0.456 e. The minimum absolute atomic E-state index is 0.0162. The lowest BCUT2D eigenvalue weighted by molar-refractivity contribution is -0.171. The number of nitrogens with zero attached hydrogens (tertiary/aromatic N) is 1. The molecule has 3 N–H and O–H groups in total. The van der Waals surface area contributed by atoms with Gasteiger partial charge >= 0.3 is 5.97 Å². The van der Waals surface area contributed by atoms with Crippen LogP contribution >= 0.6 is 81.4 Å². The van der Waals surface area contributed by atoms with Crippen molar-refractivity contribution in [3.05, 3.63) is 234 Å². The molecule has 0 aliphatic carbocycles. The van der Waals surface area contributed by atoms with E-state index in [1.54, 1.807) is 42.5 Å². The first-order chi connectivity index (χ1) is 43.1. The summed E-state index contributed by atoms with van der Waals surface area (Å²) in [6.07, 6.45) is 6.96. The number of aliphatic hydroxyl groups is 2. The fourth-order valence-electron chi connectivity index (χ4n) is 12.8. The number of piperidine rings is 1. The van der Waals surface area contributed by atoms with Crippen molar-refractivity contribution in [1.82, 2.24) is 10.2 Å². The Morgan fingerprint density at radius 2 is 1.20 bits per heavy atom. The number of thioether (sulfide) groups is 1. The van der Waals surface area contributed by atoms with Gasteiger partial charge in [0.1, 0.15) is 6.10 Å². The molecule has 0 saturated carbocycles. The number of carbonyl (C=O) groups is 3. The van der Waals surface area contributed by atoms with E-state index in [2.05, 4.69) is 89.2 Å². The van der Waals surface area contributed by atoms with Crippen LogP contribution in [0.2, 0.25) is 30.1 Å². The van der Waals surface area contributed by atoms with Crippen LogP contribution in [0.25, 0.3) is 0 Å². The number of rotatable bonds is 24. The maximum Gasteiger partial charge on any atom is 0.312 e.